The van der Waals surface area contributed by atoms with Crippen molar-refractivity contribution in [2.24, 2.45) is 5.16 Å². The topological polar surface area (TPSA) is 258 Å². The van der Waals surface area contributed by atoms with Crippen molar-refractivity contribution >= 4 is 58.0 Å². The van der Waals surface area contributed by atoms with Crippen LogP contribution >= 0.6 is 11.3 Å². The molecule has 6 N–H and O–H groups in total. The average Bonchev–Trinajstić information content (AvgIpc) is 3.65. The highest BCUT2D eigenvalue weighted by Crippen LogP contribution is 2.34. The van der Waals surface area contributed by atoms with Crippen molar-refractivity contribution in [3.63, 3.8) is 0 Å². The Hall–Kier alpha value is -5.30. The predicted molar refractivity (Wildman–Crippen MR) is 145 cm³/mol. The number of nitrogens with zero attached hydrogens (tertiary/aromatic N) is 3. The lowest BCUT2D eigenvalue weighted by atomic mass is 10.1. The zero-order valence-electron chi connectivity index (χ0n) is 23.0. The summed E-state index contributed by atoms with van der Waals surface area (Å²) in [5, 5.41) is 29.0. The number of aliphatic carboxylic acids is 2. The van der Waals surface area contributed by atoms with Gasteiger partial charge in [0.15, 0.2) is 10.8 Å². The molecule has 0 spiro atoms. The molecule has 2 fully saturated rings. The van der Waals surface area contributed by atoms with Gasteiger partial charge in [0.05, 0.1) is 6.42 Å². The minimum absolute atomic E-state index is 0.0445. The monoisotopic (exact) mass is 634 g/mol. The van der Waals surface area contributed by atoms with E-state index in [4.69, 9.17) is 24.9 Å². The van der Waals surface area contributed by atoms with Crippen LogP contribution in [0.5, 0.6) is 0 Å². The number of carboxylic acids is 2. The van der Waals surface area contributed by atoms with Crippen LogP contribution in [0.3, 0.4) is 0 Å². The van der Waals surface area contributed by atoms with Gasteiger partial charge in [-0.2, -0.15) is 5.06 Å². The number of esters is 1. The number of anilines is 1. The fourth-order valence-corrected chi connectivity index (χ4v) is 4.38. The van der Waals surface area contributed by atoms with Gasteiger partial charge >= 0.3 is 29.7 Å². The number of nitrogen functional groups attached to an aromatic ring is 1. The Labute approximate surface area is 251 Å². The number of carbonyl (C=O) groups is 6. The molecule has 234 valence electrons. The third kappa shape index (κ3) is 6.68. The van der Waals surface area contributed by atoms with Crippen LogP contribution in [-0.2, 0) is 49.7 Å². The maximum atomic E-state index is 13.2. The largest absolute Gasteiger partial charge is 0.478 e. The van der Waals surface area contributed by atoms with Crippen LogP contribution in [0.4, 0.5) is 9.93 Å². The number of alkyl carbamates (subject to hydrolysis) is 1. The molecule has 0 aliphatic carbocycles. The number of hydrogen-bond acceptors (Lipinski definition) is 14. The second-order valence-corrected chi connectivity index (χ2v) is 10.7. The molecule has 1 aromatic carbocycles. The first-order valence-corrected chi connectivity index (χ1v) is 13.5. The lowest BCUT2D eigenvalue weighted by molar-refractivity contribution is -0.256. The van der Waals surface area contributed by atoms with Gasteiger partial charge in [-0.1, -0.05) is 35.5 Å². The quantitative estimate of drug-likeness (QED) is 0.120. The number of nitrogens with two attached hydrogens (primary N) is 1. The van der Waals surface area contributed by atoms with Crippen molar-refractivity contribution in [3.05, 3.63) is 47.0 Å². The summed E-state index contributed by atoms with van der Waals surface area (Å²) in [6.07, 6.45) is -1.80. The van der Waals surface area contributed by atoms with Crippen molar-refractivity contribution in [2.75, 3.05) is 12.3 Å². The maximum Gasteiger partial charge on any atom is 0.408 e. The van der Waals surface area contributed by atoms with Crippen LogP contribution in [0.2, 0.25) is 0 Å². The average molecular weight is 635 g/mol. The molecule has 2 aliphatic heterocycles. The van der Waals surface area contributed by atoms with Gasteiger partial charge in [-0.25, -0.2) is 24.2 Å². The second-order valence-electron chi connectivity index (χ2n) is 9.85. The molecule has 3 atom stereocenters. The number of aromatic nitrogens is 1. The standard InChI is InChI=1S/C25H26N6O12S/c1-24(2,20(35)36)43-30-16(15-11-44-22(26)28-15)17(32)27-14-10-41-31(18(14)33)25(21(37)38)8-13(19(34)42-25)29-23(39)40-9-12-6-4-3-5-7-12/h3-7,11,13-14H,8-10H2,1-2H3,(H2,26,28)(H,27,32)(H,29,39)(H,35,36)(H,37,38)/b30-16-/t13-,14-,25?/m0/s1. The van der Waals surface area contributed by atoms with Gasteiger partial charge in [-0.15, -0.1) is 11.3 Å². The minimum atomic E-state index is -2.69. The van der Waals surface area contributed by atoms with Gasteiger partial charge in [0.1, 0.15) is 31.0 Å². The summed E-state index contributed by atoms with van der Waals surface area (Å²) in [6, 6.07) is 5.57. The fourth-order valence-electron chi connectivity index (χ4n) is 3.84. The number of benzene rings is 1. The number of thiazole rings is 1. The number of hydroxylamine groups is 2. The third-order valence-electron chi connectivity index (χ3n) is 6.24. The van der Waals surface area contributed by atoms with Crippen LogP contribution in [0, 0.1) is 0 Å². The van der Waals surface area contributed by atoms with Gasteiger partial charge in [0, 0.05) is 5.38 Å². The first-order valence-electron chi connectivity index (χ1n) is 12.7. The summed E-state index contributed by atoms with van der Waals surface area (Å²) in [7, 11) is 0. The molecule has 2 aliphatic rings. The van der Waals surface area contributed by atoms with Crippen LogP contribution in [-0.4, -0.2) is 91.8 Å². The highest BCUT2D eigenvalue weighted by atomic mass is 32.1. The van der Waals surface area contributed by atoms with E-state index in [1.807, 2.05) is 0 Å². The Kier molecular flexibility index (Phi) is 9.00. The van der Waals surface area contributed by atoms with E-state index >= 15 is 0 Å². The highest BCUT2D eigenvalue weighted by molar-refractivity contribution is 7.13. The van der Waals surface area contributed by atoms with Crippen molar-refractivity contribution in [1.29, 1.82) is 0 Å². The van der Waals surface area contributed by atoms with E-state index in [-0.39, 0.29) is 22.5 Å². The van der Waals surface area contributed by atoms with Crippen LogP contribution in [0.1, 0.15) is 31.5 Å². The van der Waals surface area contributed by atoms with E-state index in [9.17, 15) is 39.0 Å². The minimum Gasteiger partial charge on any atom is -0.478 e. The molecule has 1 aromatic heterocycles. The van der Waals surface area contributed by atoms with Gasteiger partial charge in [-0.05, 0) is 19.4 Å². The molecule has 0 saturated carbocycles. The summed E-state index contributed by atoms with van der Waals surface area (Å²) >= 11 is 0.941. The van der Waals surface area contributed by atoms with Gasteiger partial charge in [0.25, 0.3) is 11.8 Å². The summed E-state index contributed by atoms with van der Waals surface area (Å²) in [6.45, 7) is 1.62. The summed E-state index contributed by atoms with van der Waals surface area (Å²) in [5.74, 6) is -6.56. The molecule has 44 heavy (non-hydrogen) atoms. The van der Waals surface area contributed by atoms with Crippen LogP contribution < -0.4 is 16.4 Å². The number of nitrogens with one attached hydrogen (secondary N) is 2. The summed E-state index contributed by atoms with van der Waals surface area (Å²) in [5.41, 5.74) is 1.10. The van der Waals surface area contributed by atoms with Gasteiger partial charge < -0.3 is 40.9 Å². The number of carbonyl (C=O) groups excluding carboxylic acids is 4. The molecule has 4 rings (SSSR count). The zero-order chi connectivity index (χ0) is 32.2. The first kappa shape index (κ1) is 31.6. The Morgan fingerprint density at radius 1 is 1.18 bits per heavy atom. The molecule has 19 heteroatoms. The smallest absolute Gasteiger partial charge is 0.408 e. The highest BCUT2D eigenvalue weighted by Gasteiger charge is 2.62. The third-order valence-corrected chi connectivity index (χ3v) is 6.91. The Balaban J connectivity index is 1.45. The van der Waals surface area contributed by atoms with Crippen molar-refractivity contribution < 1.29 is 58.1 Å². The molecular weight excluding hydrogens is 608 g/mol. The van der Waals surface area contributed by atoms with E-state index in [1.54, 1.807) is 30.3 Å². The molecular formula is C25H26N6O12S. The molecule has 3 heterocycles. The predicted octanol–water partition coefficient (Wildman–Crippen LogP) is -0.409. The van der Waals surface area contributed by atoms with Gasteiger partial charge in [-0.3, -0.25) is 14.4 Å². The SMILES string of the molecule is CC(C)(O/N=C(\C(=O)N[C@H]1CON(C2(C(=O)O)C[C@H](NC(=O)OCc3ccccc3)C(=O)O2)C1=O)c1csc(N)n1)C(=O)O. The number of oxime groups is 1. The molecule has 2 aromatic rings. The van der Waals surface area contributed by atoms with Gasteiger partial charge in [0.2, 0.25) is 5.60 Å². The van der Waals surface area contributed by atoms with Crippen molar-refractivity contribution in [2.45, 2.75) is 50.3 Å². The number of hydrogen-bond donors (Lipinski definition) is 5. The van der Waals surface area contributed by atoms with E-state index in [0.717, 1.165) is 11.3 Å². The second kappa shape index (κ2) is 12.5. The maximum absolute atomic E-state index is 13.2. The Morgan fingerprint density at radius 3 is 2.50 bits per heavy atom. The number of carboxylic acid groups (broad SMARTS) is 2. The van der Waals surface area contributed by atoms with E-state index < -0.39 is 78.0 Å². The molecule has 0 radical (unpaired) electrons. The molecule has 3 amide bonds. The Morgan fingerprint density at radius 2 is 1.89 bits per heavy atom. The molecule has 2 saturated heterocycles. The zero-order valence-corrected chi connectivity index (χ0v) is 23.9. The van der Waals surface area contributed by atoms with Crippen molar-refractivity contribution in [3.8, 4) is 0 Å². The fraction of sp³-hybridized carbons (Fsp3) is 0.360. The summed E-state index contributed by atoms with van der Waals surface area (Å²) < 4.78 is 10.1. The lowest BCUT2D eigenvalue weighted by Crippen LogP contribution is -2.57. The molecule has 1 unspecified atom stereocenters. The molecule has 18 nitrogen and oxygen atoms in total. The number of rotatable bonds is 11. The number of cyclic esters (lactones) is 1. The molecule has 0 bridgehead atoms. The van der Waals surface area contributed by atoms with Crippen molar-refractivity contribution in [1.82, 2.24) is 20.7 Å². The lowest BCUT2D eigenvalue weighted by Gasteiger charge is -2.30. The normalized spacial score (nSPS) is 21.9. The first-order chi connectivity index (χ1) is 20.7. The number of ether oxygens (including phenoxy) is 2. The number of amides is 3. The van der Waals surface area contributed by atoms with E-state index in [2.05, 4.69) is 20.8 Å². The van der Waals surface area contributed by atoms with E-state index in [1.165, 1.54) is 19.2 Å². The van der Waals surface area contributed by atoms with E-state index in [0.29, 0.717) is 5.56 Å². The Bertz CT molecular complexity index is 1510. The van der Waals surface area contributed by atoms with Crippen LogP contribution in [0.25, 0.3) is 0 Å². The summed E-state index contributed by atoms with van der Waals surface area (Å²) in [4.78, 5) is 89.1. The van der Waals surface area contributed by atoms with Crippen LogP contribution in [0.15, 0.2) is 40.9 Å².